The highest BCUT2D eigenvalue weighted by Crippen LogP contribution is 2.21. The first kappa shape index (κ1) is 14.2. The Bertz CT molecular complexity index is 432. The first-order chi connectivity index (χ1) is 8.56. The van der Waals surface area contributed by atoms with Gasteiger partial charge in [0, 0.05) is 20.5 Å². The minimum atomic E-state index is -0.571. The predicted molar refractivity (Wildman–Crippen MR) is 65.2 cm³/mol. The molecule has 1 aromatic carbocycles. The molecular weight excluding hydrogens is 237 g/mol. The number of rotatable bonds is 6. The Kier molecular flexibility index (Phi) is 5.30. The van der Waals surface area contributed by atoms with Gasteiger partial charge in [-0.05, 0) is 18.6 Å². The second-order valence-corrected chi connectivity index (χ2v) is 4.02. The summed E-state index contributed by atoms with van der Waals surface area (Å²) in [6.45, 7) is 0.196. The maximum absolute atomic E-state index is 13.4. The molecule has 0 N–H and O–H groups in total. The maximum atomic E-state index is 13.4. The van der Waals surface area contributed by atoms with Crippen LogP contribution >= 0.6 is 0 Å². The maximum Gasteiger partial charge on any atom is 0.222 e. The average molecular weight is 253 g/mol. The van der Waals surface area contributed by atoms with E-state index >= 15 is 0 Å². The molecule has 0 atom stereocenters. The topological polar surface area (TPSA) is 46.6 Å². The Hall–Kier alpha value is -1.91. The van der Waals surface area contributed by atoms with E-state index in [-0.39, 0.29) is 23.8 Å². The molecule has 0 fully saturated rings. The summed E-state index contributed by atoms with van der Waals surface area (Å²) >= 11 is 0. The van der Waals surface area contributed by atoms with E-state index in [1.165, 1.54) is 23.1 Å². The number of amides is 1. The molecule has 1 aromatic rings. The standard InChI is InChI=1S/C13H16FNO3/c1-15(2)12(17)7-4-8-18-13-10(9-16)5-3-6-11(13)14/h3,5-6,9H,4,7-8H2,1-2H3. The van der Waals surface area contributed by atoms with E-state index in [1.807, 2.05) is 0 Å². The van der Waals surface area contributed by atoms with Gasteiger partial charge in [0.15, 0.2) is 17.9 Å². The van der Waals surface area contributed by atoms with Crippen LogP contribution in [0, 0.1) is 5.82 Å². The van der Waals surface area contributed by atoms with E-state index in [0.717, 1.165) is 0 Å². The molecule has 0 heterocycles. The molecule has 0 saturated carbocycles. The highest BCUT2D eigenvalue weighted by Gasteiger charge is 2.09. The number of carbonyl (C=O) groups is 2. The highest BCUT2D eigenvalue weighted by atomic mass is 19.1. The molecular formula is C13H16FNO3. The van der Waals surface area contributed by atoms with E-state index in [4.69, 9.17) is 4.74 Å². The lowest BCUT2D eigenvalue weighted by atomic mass is 10.2. The number of para-hydroxylation sites is 1. The van der Waals surface area contributed by atoms with E-state index in [2.05, 4.69) is 0 Å². The van der Waals surface area contributed by atoms with Crippen molar-refractivity contribution in [3.8, 4) is 5.75 Å². The molecule has 1 amide bonds. The summed E-state index contributed by atoms with van der Waals surface area (Å²) in [5, 5.41) is 0. The fourth-order valence-corrected chi connectivity index (χ4v) is 1.39. The number of carbonyl (C=O) groups excluding carboxylic acids is 2. The van der Waals surface area contributed by atoms with E-state index in [0.29, 0.717) is 19.1 Å². The smallest absolute Gasteiger partial charge is 0.222 e. The summed E-state index contributed by atoms with van der Waals surface area (Å²) in [7, 11) is 3.34. The molecule has 98 valence electrons. The van der Waals surface area contributed by atoms with Crippen LogP contribution in [-0.2, 0) is 4.79 Å². The van der Waals surface area contributed by atoms with Crippen LogP contribution in [-0.4, -0.2) is 37.8 Å². The van der Waals surface area contributed by atoms with Gasteiger partial charge >= 0.3 is 0 Å². The molecule has 18 heavy (non-hydrogen) atoms. The quantitative estimate of drug-likeness (QED) is 0.574. The number of aldehydes is 1. The molecule has 0 aliphatic rings. The Labute approximate surface area is 105 Å². The normalized spacial score (nSPS) is 9.94. The lowest BCUT2D eigenvalue weighted by Gasteiger charge is -2.11. The number of hydrogen-bond acceptors (Lipinski definition) is 3. The Morgan fingerprint density at radius 1 is 1.44 bits per heavy atom. The van der Waals surface area contributed by atoms with Crippen LogP contribution in [0.1, 0.15) is 23.2 Å². The lowest BCUT2D eigenvalue weighted by molar-refractivity contribution is -0.128. The monoisotopic (exact) mass is 253 g/mol. The highest BCUT2D eigenvalue weighted by molar-refractivity contribution is 5.79. The first-order valence-corrected chi connectivity index (χ1v) is 5.63. The molecule has 0 aromatic heterocycles. The minimum Gasteiger partial charge on any atom is -0.490 e. The van der Waals surface area contributed by atoms with Crippen molar-refractivity contribution in [2.75, 3.05) is 20.7 Å². The molecule has 0 unspecified atom stereocenters. The molecule has 4 nitrogen and oxygen atoms in total. The molecule has 0 bridgehead atoms. The van der Waals surface area contributed by atoms with Gasteiger partial charge < -0.3 is 9.64 Å². The van der Waals surface area contributed by atoms with Gasteiger partial charge in [-0.2, -0.15) is 0 Å². The average Bonchev–Trinajstić information content (AvgIpc) is 2.35. The van der Waals surface area contributed by atoms with Crippen molar-refractivity contribution in [1.29, 1.82) is 0 Å². The van der Waals surface area contributed by atoms with Crippen LogP contribution in [0.5, 0.6) is 5.75 Å². The number of nitrogens with zero attached hydrogens (tertiary/aromatic N) is 1. The van der Waals surface area contributed by atoms with Gasteiger partial charge in [-0.25, -0.2) is 4.39 Å². The lowest BCUT2D eigenvalue weighted by Crippen LogP contribution is -2.21. The van der Waals surface area contributed by atoms with E-state index in [1.54, 1.807) is 14.1 Å². The van der Waals surface area contributed by atoms with Gasteiger partial charge in [-0.1, -0.05) is 6.07 Å². The van der Waals surface area contributed by atoms with Gasteiger partial charge in [0.05, 0.1) is 12.2 Å². The molecule has 5 heteroatoms. The van der Waals surface area contributed by atoms with Crippen LogP contribution in [0.2, 0.25) is 0 Å². The van der Waals surface area contributed by atoms with Crippen LogP contribution in [0.25, 0.3) is 0 Å². The summed E-state index contributed by atoms with van der Waals surface area (Å²) in [4.78, 5) is 23.5. The Balaban J connectivity index is 2.49. The van der Waals surface area contributed by atoms with Crippen molar-refractivity contribution in [3.63, 3.8) is 0 Å². The number of halogens is 1. The van der Waals surface area contributed by atoms with Gasteiger partial charge in [0.25, 0.3) is 0 Å². The molecule has 0 aliphatic heterocycles. The first-order valence-electron chi connectivity index (χ1n) is 5.63. The minimum absolute atomic E-state index is 0.0113. The third kappa shape index (κ3) is 3.84. The van der Waals surface area contributed by atoms with Gasteiger partial charge in [0.1, 0.15) is 0 Å². The Morgan fingerprint density at radius 2 is 2.17 bits per heavy atom. The third-order valence-corrected chi connectivity index (χ3v) is 2.40. The predicted octanol–water partition coefficient (Wildman–Crippen LogP) is 1.89. The zero-order chi connectivity index (χ0) is 13.5. The molecule has 1 rings (SSSR count). The molecule has 0 spiro atoms. The third-order valence-electron chi connectivity index (χ3n) is 2.40. The van der Waals surface area contributed by atoms with Gasteiger partial charge in [0.2, 0.25) is 5.91 Å². The van der Waals surface area contributed by atoms with Crippen LogP contribution in [0.3, 0.4) is 0 Å². The Morgan fingerprint density at radius 3 is 2.78 bits per heavy atom. The second-order valence-electron chi connectivity index (χ2n) is 4.02. The fraction of sp³-hybridized carbons (Fsp3) is 0.385. The summed E-state index contributed by atoms with van der Waals surface area (Å²) in [6, 6.07) is 4.16. The fourth-order valence-electron chi connectivity index (χ4n) is 1.39. The van der Waals surface area contributed by atoms with Crippen molar-refractivity contribution < 1.29 is 18.7 Å². The van der Waals surface area contributed by atoms with Crippen molar-refractivity contribution >= 4 is 12.2 Å². The molecule has 0 aliphatic carbocycles. The zero-order valence-corrected chi connectivity index (χ0v) is 10.5. The van der Waals surface area contributed by atoms with Crippen LogP contribution in [0.4, 0.5) is 4.39 Å². The largest absolute Gasteiger partial charge is 0.490 e. The van der Waals surface area contributed by atoms with Crippen molar-refractivity contribution in [2.45, 2.75) is 12.8 Å². The SMILES string of the molecule is CN(C)C(=O)CCCOc1c(F)cccc1C=O. The molecule has 0 radical (unpaired) electrons. The van der Waals surface area contributed by atoms with Gasteiger partial charge in [-0.15, -0.1) is 0 Å². The van der Waals surface area contributed by atoms with Crippen molar-refractivity contribution in [2.24, 2.45) is 0 Å². The van der Waals surface area contributed by atoms with Crippen molar-refractivity contribution in [1.82, 2.24) is 4.90 Å². The van der Waals surface area contributed by atoms with E-state index < -0.39 is 5.82 Å². The van der Waals surface area contributed by atoms with Crippen LogP contribution < -0.4 is 4.74 Å². The second kappa shape index (κ2) is 6.74. The summed E-state index contributed by atoms with van der Waals surface area (Å²) < 4.78 is 18.6. The number of benzene rings is 1. The number of hydrogen-bond donors (Lipinski definition) is 0. The summed E-state index contributed by atoms with van der Waals surface area (Å²) in [5.74, 6) is -0.633. The van der Waals surface area contributed by atoms with E-state index in [9.17, 15) is 14.0 Å². The van der Waals surface area contributed by atoms with Crippen molar-refractivity contribution in [3.05, 3.63) is 29.6 Å². The van der Waals surface area contributed by atoms with Crippen LogP contribution in [0.15, 0.2) is 18.2 Å². The van der Waals surface area contributed by atoms with Gasteiger partial charge in [-0.3, -0.25) is 9.59 Å². The number of ether oxygens (including phenoxy) is 1. The molecule has 0 saturated heterocycles. The summed E-state index contributed by atoms with van der Waals surface area (Å²) in [5.41, 5.74) is 0.175. The zero-order valence-electron chi connectivity index (χ0n) is 10.5. The summed E-state index contributed by atoms with van der Waals surface area (Å²) in [6.07, 6.45) is 1.35.